The number of benzene rings is 1. The number of amides is 3. The molecule has 0 radical (unpaired) electrons. The highest BCUT2D eigenvalue weighted by Crippen LogP contribution is 2.32. The molecule has 1 saturated heterocycles. The van der Waals surface area contributed by atoms with Crippen molar-refractivity contribution < 1.29 is 19.1 Å². The van der Waals surface area contributed by atoms with Crippen molar-refractivity contribution in [2.24, 2.45) is 5.92 Å². The molecule has 1 aromatic carbocycles. The minimum Gasteiger partial charge on any atom is -0.482 e. The first kappa shape index (κ1) is 18.0. The number of likely N-dealkylation sites (N-methyl/N-ethyl adjacent to an activating group) is 1. The third-order valence-corrected chi connectivity index (χ3v) is 5.06. The largest absolute Gasteiger partial charge is 0.482 e. The standard InChI is InChI=1S/C19H21N5O4/c1-22-15-8-13(2-3-16(15)28-11-17(22)25)19(27)24-9-14(10-24)18(26)21-5-7-23-6-4-20-12-23/h2-4,6,8,12,14H,5,7,9-11H2,1H3,(H,21,26). The Balaban J connectivity index is 1.30. The van der Waals surface area contributed by atoms with E-state index in [9.17, 15) is 14.4 Å². The fraction of sp³-hybridized carbons (Fsp3) is 0.368. The van der Waals surface area contributed by atoms with E-state index in [0.29, 0.717) is 43.2 Å². The topological polar surface area (TPSA) is 96.8 Å². The van der Waals surface area contributed by atoms with E-state index >= 15 is 0 Å². The van der Waals surface area contributed by atoms with Crippen LogP contribution in [0.1, 0.15) is 10.4 Å². The van der Waals surface area contributed by atoms with Crippen molar-refractivity contribution in [3.05, 3.63) is 42.5 Å². The Morgan fingerprint density at radius 1 is 1.32 bits per heavy atom. The van der Waals surface area contributed by atoms with Crippen molar-refractivity contribution in [1.82, 2.24) is 19.8 Å². The molecule has 1 aromatic heterocycles. The van der Waals surface area contributed by atoms with Gasteiger partial charge in [-0.1, -0.05) is 0 Å². The van der Waals surface area contributed by atoms with E-state index in [4.69, 9.17) is 4.74 Å². The molecule has 3 heterocycles. The Morgan fingerprint density at radius 3 is 2.89 bits per heavy atom. The van der Waals surface area contributed by atoms with Gasteiger partial charge in [-0.05, 0) is 18.2 Å². The molecule has 1 fully saturated rings. The van der Waals surface area contributed by atoms with E-state index in [1.807, 2.05) is 10.8 Å². The van der Waals surface area contributed by atoms with E-state index in [1.165, 1.54) is 4.90 Å². The van der Waals surface area contributed by atoms with Crippen molar-refractivity contribution in [2.45, 2.75) is 6.54 Å². The molecule has 2 aliphatic rings. The van der Waals surface area contributed by atoms with Gasteiger partial charge >= 0.3 is 0 Å². The van der Waals surface area contributed by atoms with Crippen molar-refractivity contribution in [1.29, 1.82) is 0 Å². The van der Waals surface area contributed by atoms with Crippen LogP contribution in [0, 0.1) is 5.92 Å². The number of carbonyl (C=O) groups excluding carboxylic acids is 3. The first-order chi connectivity index (χ1) is 13.5. The van der Waals surface area contributed by atoms with E-state index in [1.54, 1.807) is 42.7 Å². The Bertz CT molecular complexity index is 905. The Labute approximate surface area is 161 Å². The van der Waals surface area contributed by atoms with Gasteiger partial charge in [0.15, 0.2) is 6.61 Å². The van der Waals surface area contributed by atoms with Crippen LogP contribution in [-0.4, -0.2) is 65.5 Å². The number of imidazole rings is 1. The molecular weight excluding hydrogens is 362 g/mol. The highest BCUT2D eigenvalue weighted by atomic mass is 16.5. The number of hydrogen-bond donors (Lipinski definition) is 1. The summed E-state index contributed by atoms with van der Waals surface area (Å²) < 4.78 is 7.27. The number of anilines is 1. The fourth-order valence-electron chi connectivity index (χ4n) is 3.27. The molecule has 0 atom stereocenters. The lowest BCUT2D eigenvalue weighted by atomic mass is 9.97. The monoisotopic (exact) mass is 383 g/mol. The van der Waals surface area contributed by atoms with Gasteiger partial charge in [0.05, 0.1) is 17.9 Å². The summed E-state index contributed by atoms with van der Waals surface area (Å²) in [5.74, 6) is 0.0212. The average molecular weight is 383 g/mol. The molecule has 3 amide bonds. The van der Waals surface area contributed by atoms with E-state index in [0.717, 1.165) is 0 Å². The van der Waals surface area contributed by atoms with Crippen LogP contribution in [0.15, 0.2) is 36.9 Å². The van der Waals surface area contributed by atoms with Crippen LogP contribution in [0.5, 0.6) is 5.75 Å². The SMILES string of the molecule is CN1C(=O)COc2ccc(C(=O)N3CC(C(=O)NCCn4ccnc4)C3)cc21. The minimum absolute atomic E-state index is 0.000552. The summed E-state index contributed by atoms with van der Waals surface area (Å²) >= 11 is 0. The van der Waals surface area contributed by atoms with Crippen LogP contribution < -0.4 is 15.0 Å². The quantitative estimate of drug-likeness (QED) is 0.792. The van der Waals surface area contributed by atoms with Crippen molar-refractivity contribution in [3.8, 4) is 5.75 Å². The second-order valence-electron chi connectivity index (χ2n) is 6.92. The van der Waals surface area contributed by atoms with Gasteiger partial charge in [-0.15, -0.1) is 0 Å². The average Bonchev–Trinajstić information content (AvgIpc) is 3.17. The summed E-state index contributed by atoms with van der Waals surface area (Å²) in [5, 5.41) is 2.89. The number of rotatable bonds is 5. The molecule has 1 N–H and O–H groups in total. The third kappa shape index (κ3) is 3.42. The predicted octanol–water partition coefficient (Wildman–Crippen LogP) is 0.127. The van der Waals surface area contributed by atoms with Crippen molar-refractivity contribution >= 4 is 23.4 Å². The maximum Gasteiger partial charge on any atom is 0.264 e. The molecule has 2 aliphatic heterocycles. The lowest BCUT2D eigenvalue weighted by molar-refractivity contribution is -0.129. The Kier molecular flexibility index (Phi) is 4.72. The highest BCUT2D eigenvalue weighted by molar-refractivity contribution is 6.01. The van der Waals surface area contributed by atoms with Crippen LogP contribution in [0.4, 0.5) is 5.69 Å². The number of aromatic nitrogens is 2. The summed E-state index contributed by atoms with van der Waals surface area (Å²) in [6, 6.07) is 5.04. The van der Waals surface area contributed by atoms with Gasteiger partial charge < -0.3 is 24.4 Å². The summed E-state index contributed by atoms with van der Waals surface area (Å²) in [5.41, 5.74) is 1.05. The molecule has 0 saturated carbocycles. The molecule has 0 aliphatic carbocycles. The summed E-state index contributed by atoms with van der Waals surface area (Å²) in [6.45, 7) is 1.95. The molecule has 9 nitrogen and oxygen atoms in total. The molecule has 0 bridgehead atoms. The molecule has 2 aromatic rings. The van der Waals surface area contributed by atoms with Crippen molar-refractivity contribution in [2.75, 3.05) is 38.2 Å². The van der Waals surface area contributed by atoms with Gasteiger partial charge in [-0.25, -0.2) is 4.98 Å². The van der Waals surface area contributed by atoms with Crippen LogP contribution in [0.3, 0.4) is 0 Å². The van der Waals surface area contributed by atoms with E-state index in [-0.39, 0.29) is 30.2 Å². The van der Waals surface area contributed by atoms with Gasteiger partial charge in [-0.2, -0.15) is 0 Å². The number of fused-ring (bicyclic) bond motifs is 1. The first-order valence-electron chi connectivity index (χ1n) is 9.09. The molecule has 146 valence electrons. The van der Waals surface area contributed by atoms with E-state index < -0.39 is 0 Å². The number of nitrogens with one attached hydrogen (secondary N) is 1. The Morgan fingerprint density at radius 2 is 2.14 bits per heavy atom. The number of likely N-dealkylation sites (tertiary alicyclic amines) is 1. The molecule has 0 unspecified atom stereocenters. The summed E-state index contributed by atoms with van der Waals surface area (Å²) in [6.07, 6.45) is 5.23. The van der Waals surface area contributed by atoms with Gasteiger partial charge in [0, 0.05) is 51.2 Å². The van der Waals surface area contributed by atoms with Crippen LogP contribution in [0.25, 0.3) is 0 Å². The fourth-order valence-corrected chi connectivity index (χ4v) is 3.27. The normalized spacial score (nSPS) is 16.2. The number of nitrogens with zero attached hydrogens (tertiary/aromatic N) is 4. The zero-order valence-electron chi connectivity index (χ0n) is 15.5. The molecular formula is C19H21N5O4. The van der Waals surface area contributed by atoms with Gasteiger partial charge in [0.25, 0.3) is 11.8 Å². The highest BCUT2D eigenvalue weighted by Gasteiger charge is 2.36. The molecule has 4 rings (SSSR count). The second-order valence-corrected chi connectivity index (χ2v) is 6.92. The lowest BCUT2D eigenvalue weighted by Gasteiger charge is -2.38. The first-order valence-corrected chi connectivity index (χ1v) is 9.09. The zero-order valence-corrected chi connectivity index (χ0v) is 15.5. The maximum atomic E-state index is 12.7. The number of carbonyl (C=O) groups is 3. The molecule has 9 heteroatoms. The predicted molar refractivity (Wildman–Crippen MR) is 100.0 cm³/mol. The van der Waals surface area contributed by atoms with Crippen LogP contribution in [0.2, 0.25) is 0 Å². The summed E-state index contributed by atoms with van der Waals surface area (Å²) in [7, 11) is 1.66. The van der Waals surface area contributed by atoms with E-state index in [2.05, 4.69) is 10.3 Å². The maximum absolute atomic E-state index is 12.7. The lowest BCUT2D eigenvalue weighted by Crippen LogP contribution is -2.56. The van der Waals surface area contributed by atoms with Gasteiger partial charge in [0.1, 0.15) is 5.75 Å². The smallest absolute Gasteiger partial charge is 0.264 e. The van der Waals surface area contributed by atoms with Gasteiger partial charge in [-0.3, -0.25) is 14.4 Å². The molecule has 0 spiro atoms. The number of ether oxygens (including phenoxy) is 1. The zero-order chi connectivity index (χ0) is 19.7. The molecule has 28 heavy (non-hydrogen) atoms. The van der Waals surface area contributed by atoms with Crippen LogP contribution in [-0.2, 0) is 16.1 Å². The summed E-state index contributed by atoms with van der Waals surface area (Å²) in [4.78, 5) is 43.7. The van der Waals surface area contributed by atoms with Crippen LogP contribution >= 0.6 is 0 Å². The second kappa shape index (κ2) is 7.34. The number of hydrogen-bond acceptors (Lipinski definition) is 5. The Hall–Kier alpha value is -3.36. The third-order valence-electron chi connectivity index (χ3n) is 5.06. The van der Waals surface area contributed by atoms with Gasteiger partial charge in [0.2, 0.25) is 5.91 Å². The minimum atomic E-state index is -0.197. The van der Waals surface area contributed by atoms with Crippen molar-refractivity contribution in [3.63, 3.8) is 0 Å².